The van der Waals surface area contributed by atoms with Crippen LogP contribution >= 0.6 is 36.0 Å². The number of thiocarbonyl (C=S) groups is 2. The molecule has 0 radical (unpaired) electrons. The third kappa shape index (κ3) is 6.28. The largest absolute Gasteiger partial charge is 0.364 e. The summed E-state index contributed by atoms with van der Waals surface area (Å²) in [4.78, 5) is 0. The fourth-order valence-electron chi connectivity index (χ4n) is 2.04. The monoisotopic (exact) mass is 418 g/mol. The van der Waals surface area contributed by atoms with Crippen molar-refractivity contribution in [3.8, 4) is 0 Å². The van der Waals surface area contributed by atoms with Crippen LogP contribution in [0.5, 0.6) is 0 Å². The normalized spacial score (nSPS) is 11.5. The van der Waals surface area contributed by atoms with Crippen molar-refractivity contribution in [3.05, 3.63) is 70.7 Å². The number of benzene rings is 2. The van der Waals surface area contributed by atoms with Crippen LogP contribution in [0.4, 0.5) is 0 Å². The second kappa shape index (κ2) is 10.6. The molecule has 0 unspecified atom stereocenters. The molecule has 27 heavy (non-hydrogen) atoms. The van der Waals surface area contributed by atoms with Crippen LogP contribution in [0.25, 0.3) is 0 Å². The number of hydrogen-bond acceptors (Lipinski definition) is 4. The van der Waals surface area contributed by atoms with Crippen molar-refractivity contribution < 1.29 is 0 Å². The first-order valence-corrected chi connectivity index (χ1v) is 9.17. The van der Waals surface area contributed by atoms with Gasteiger partial charge in [0.15, 0.2) is 10.2 Å². The van der Waals surface area contributed by atoms with Gasteiger partial charge in [-0.25, -0.2) is 0 Å². The van der Waals surface area contributed by atoms with Gasteiger partial charge in [-0.15, -0.1) is 0 Å². The molecule has 0 aliphatic rings. The van der Waals surface area contributed by atoms with E-state index in [4.69, 9.17) is 36.0 Å². The smallest absolute Gasteiger partial charge is 0.186 e. The lowest BCUT2D eigenvalue weighted by Crippen LogP contribution is -2.33. The number of nitrogens with zero attached hydrogens (tertiary/aromatic N) is 2. The van der Waals surface area contributed by atoms with Gasteiger partial charge in [0.1, 0.15) is 11.4 Å². The quantitative estimate of drug-likeness (QED) is 0.340. The molecular formula is C18H19ClN6S2. The van der Waals surface area contributed by atoms with Gasteiger partial charge in [-0.2, -0.15) is 10.2 Å². The summed E-state index contributed by atoms with van der Waals surface area (Å²) in [6.07, 6.45) is 0. The highest BCUT2D eigenvalue weighted by Gasteiger charge is 2.16. The minimum atomic E-state index is 0.382. The van der Waals surface area contributed by atoms with Crippen molar-refractivity contribution >= 4 is 57.7 Å². The van der Waals surface area contributed by atoms with E-state index in [0.29, 0.717) is 26.7 Å². The van der Waals surface area contributed by atoms with Gasteiger partial charge in [-0.1, -0.05) is 54.1 Å². The third-order valence-electron chi connectivity index (χ3n) is 3.38. The highest BCUT2D eigenvalue weighted by atomic mass is 35.5. The molecule has 0 heterocycles. The van der Waals surface area contributed by atoms with Gasteiger partial charge in [0.25, 0.3) is 0 Å². The Bertz CT molecular complexity index is 850. The highest BCUT2D eigenvalue weighted by Crippen LogP contribution is 2.14. The molecule has 0 spiro atoms. The van der Waals surface area contributed by atoms with Crippen LogP contribution in [0.2, 0.25) is 5.02 Å². The van der Waals surface area contributed by atoms with Crippen molar-refractivity contribution in [1.82, 2.24) is 21.5 Å². The number of halogens is 1. The van der Waals surface area contributed by atoms with Crippen LogP contribution in [0, 0.1) is 0 Å². The molecule has 140 valence electrons. The summed E-state index contributed by atoms with van der Waals surface area (Å²) < 4.78 is 0. The lowest BCUT2D eigenvalue weighted by Gasteiger charge is -2.13. The maximum atomic E-state index is 6.03. The first-order valence-electron chi connectivity index (χ1n) is 7.97. The zero-order chi connectivity index (χ0) is 19.6. The fraction of sp³-hybridized carbons (Fsp3) is 0.111. The maximum absolute atomic E-state index is 6.03. The van der Waals surface area contributed by atoms with Crippen LogP contribution in [0.3, 0.4) is 0 Å². The molecule has 0 bridgehead atoms. The summed E-state index contributed by atoms with van der Waals surface area (Å²) in [6.45, 7) is 0. The van der Waals surface area contributed by atoms with Crippen molar-refractivity contribution in [1.29, 1.82) is 0 Å². The Labute approximate surface area is 174 Å². The Morgan fingerprint density at radius 1 is 0.741 bits per heavy atom. The summed E-state index contributed by atoms with van der Waals surface area (Å²) in [7, 11) is 3.43. The van der Waals surface area contributed by atoms with Gasteiger partial charge in [-0.05, 0) is 36.6 Å². The summed E-state index contributed by atoms with van der Waals surface area (Å²) in [5.74, 6) is 0. The van der Waals surface area contributed by atoms with E-state index in [9.17, 15) is 0 Å². The first kappa shape index (κ1) is 20.8. The topological polar surface area (TPSA) is 72.8 Å². The summed E-state index contributed by atoms with van der Waals surface area (Å²) in [5, 5.41) is 16.0. The van der Waals surface area contributed by atoms with Crippen molar-refractivity contribution in [2.75, 3.05) is 14.1 Å². The van der Waals surface area contributed by atoms with Crippen LogP contribution in [-0.2, 0) is 0 Å². The van der Waals surface area contributed by atoms with Crippen molar-refractivity contribution in [2.24, 2.45) is 10.2 Å². The second-order valence-corrected chi connectivity index (χ2v) is 6.43. The predicted octanol–water partition coefficient (Wildman–Crippen LogP) is 2.64. The summed E-state index contributed by atoms with van der Waals surface area (Å²) in [6, 6.07) is 16.9. The van der Waals surface area contributed by atoms with Crippen LogP contribution in [0.1, 0.15) is 11.1 Å². The minimum Gasteiger partial charge on any atom is -0.364 e. The predicted molar refractivity (Wildman–Crippen MR) is 121 cm³/mol. The molecule has 0 aliphatic heterocycles. The van der Waals surface area contributed by atoms with E-state index in [1.54, 1.807) is 26.2 Å². The van der Waals surface area contributed by atoms with Crippen LogP contribution in [-0.4, -0.2) is 35.7 Å². The highest BCUT2D eigenvalue weighted by molar-refractivity contribution is 7.80. The fourth-order valence-corrected chi connectivity index (χ4v) is 2.25. The molecule has 0 aliphatic carbocycles. The van der Waals surface area contributed by atoms with Gasteiger partial charge in [-0.3, -0.25) is 10.9 Å². The average Bonchev–Trinajstić information content (AvgIpc) is 2.71. The summed E-state index contributed by atoms with van der Waals surface area (Å²) in [5.41, 5.74) is 8.46. The van der Waals surface area contributed by atoms with E-state index < -0.39 is 0 Å². The Balaban J connectivity index is 2.56. The molecule has 0 amide bonds. The molecule has 0 fully saturated rings. The number of hydrogen-bond donors (Lipinski definition) is 4. The molecule has 4 N–H and O–H groups in total. The molecule has 0 saturated carbocycles. The lowest BCUT2D eigenvalue weighted by atomic mass is 10.00. The number of hydrazone groups is 2. The standard InChI is InChI=1S/C18H19ClN6S2/c1-20-17(26)24-22-15(12-6-4-3-5-7-12)16(23-25-18(27)21-2)13-8-10-14(19)11-9-13/h3-11H,1-2H3,(H2,20,24,26)(H2,21,25,27). The third-order valence-corrected chi connectivity index (χ3v) is 4.22. The number of rotatable bonds is 5. The molecule has 0 atom stereocenters. The van der Waals surface area contributed by atoms with Crippen molar-refractivity contribution in [3.63, 3.8) is 0 Å². The molecule has 9 heteroatoms. The maximum Gasteiger partial charge on any atom is 0.186 e. The minimum absolute atomic E-state index is 0.382. The van der Waals surface area contributed by atoms with Crippen LogP contribution < -0.4 is 21.5 Å². The lowest BCUT2D eigenvalue weighted by molar-refractivity contribution is 0.967. The van der Waals surface area contributed by atoms with E-state index in [1.165, 1.54) is 0 Å². The van der Waals surface area contributed by atoms with E-state index in [2.05, 4.69) is 31.7 Å². The zero-order valence-corrected chi connectivity index (χ0v) is 17.2. The van der Waals surface area contributed by atoms with Gasteiger partial charge in [0.2, 0.25) is 0 Å². The van der Waals surface area contributed by atoms with Crippen LogP contribution in [0.15, 0.2) is 64.8 Å². The van der Waals surface area contributed by atoms with E-state index in [0.717, 1.165) is 11.1 Å². The molecule has 2 aromatic rings. The van der Waals surface area contributed by atoms with Crippen molar-refractivity contribution in [2.45, 2.75) is 0 Å². The summed E-state index contributed by atoms with van der Waals surface area (Å²) >= 11 is 16.3. The SMILES string of the molecule is CNC(=S)NN=C(C(=NNC(=S)NC)c1ccc(Cl)cc1)c1ccccc1. The van der Waals surface area contributed by atoms with Gasteiger partial charge in [0.05, 0.1) is 0 Å². The molecule has 6 nitrogen and oxygen atoms in total. The van der Waals surface area contributed by atoms with Gasteiger partial charge < -0.3 is 10.6 Å². The van der Waals surface area contributed by atoms with E-state index in [-0.39, 0.29) is 0 Å². The zero-order valence-electron chi connectivity index (χ0n) is 14.8. The average molecular weight is 419 g/mol. The Hall–Kier alpha value is -2.55. The number of nitrogens with one attached hydrogen (secondary N) is 4. The Morgan fingerprint density at radius 3 is 1.63 bits per heavy atom. The van der Waals surface area contributed by atoms with E-state index >= 15 is 0 Å². The molecule has 2 aromatic carbocycles. The Kier molecular flexibility index (Phi) is 8.12. The molecule has 0 aromatic heterocycles. The Morgan fingerprint density at radius 2 is 1.19 bits per heavy atom. The van der Waals surface area contributed by atoms with Gasteiger partial charge >= 0.3 is 0 Å². The molecule has 2 rings (SSSR count). The van der Waals surface area contributed by atoms with Gasteiger partial charge in [0, 0.05) is 30.2 Å². The molecule has 0 saturated heterocycles. The van der Waals surface area contributed by atoms with E-state index in [1.807, 2.05) is 42.5 Å². The first-order chi connectivity index (χ1) is 13.0. The second-order valence-electron chi connectivity index (χ2n) is 5.18. The molecular weight excluding hydrogens is 400 g/mol.